The van der Waals surface area contributed by atoms with Crippen molar-refractivity contribution in [2.45, 2.75) is 122 Å². The number of rotatable bonds is 15. The maximum absolute atomic E-state index is 12.2. The maximum Gasteiger partial charge on any atom is 0.437 e. The normalized spacial score (nSPS) is 24.4. The lowest BCUT2D eigenvalue weighted by Gasteiger charge is -2.24. The van der Waals surface area contributed by atoms with Crippen molar-refractivity contribution in [3.8, 4) is 0 Å². The van der Waals surface area contributed by atoms with Gasteiger partial charge in [-0.2, -0.15) is 0 Å². The molecule has 8 nitrogen and oxygen atoms in total. The number of carbonyl (C=O) groups is 1. The molecule has 38 heavy (non-hydrogen) atoms. The van der Waals surface area contributed by atoms with Crippen LogP contribution in [0.4, 0.5) is 10.5 Å². The number of unbranched alkanes of at least 4 members (excludes halogenated alkanes) is 9. The van der Waals surface area contributed by atoms with Gasteiger partial charge in [0.1, 0.15) is 18.3 Å². The minimum absolute atomic E-state index is 0.290. The Bertz CT molecular complexity index is 929. The number of benzene rings is 1. The van der Waals surface area contributed by atoms with Crippen LogP contribution in [0.5, 0.6) is 0 Å². The van der Waals surface area contributed by atoms with Gasteiger partial charge in [0.2, 0.25) is 0 Å². The highest BCUT2D eigenvalue weighted by atomic mass is 35.5. The number of hydrogen-bond donors (Lipinski definition) is 1. The molecule has 0 radical (unpaired) electrons. The number of oxime groups is 1. The van der Waals surface area contributed by atoms with Gasteiger partial charge in [-0.25, -0.2) is 4.79 Å². The van der Waals surface area contributed by atoms with Gasteiger partial charge < -0.3 is 18.9 Å². The van der Waals surface area contributed by atoms with Crippen molar-refractivity contribution >= 4 is 40.7 Å². The van der Waals surface area contributed by atoms with Crippen LogP contribution in [-0.2, 0) is 23.8 Å². The van der Waals surface area contributed by atoms with E-state index in [0.29, 0.717) is 28.1 Å². The molecule has 1 aromatic carbocycles. The lowest BCUT2D eigenvalue weighted by molar-refractivity contribution is -0.226. The lowest BCUT2D eigenvalue weighted by Crippen LogP contribution is -2.34. The smallest absolute Gasteiger partial charge is 0.350 e. The van der Waals surface area contributed by atoms with E-state index in [1.54, 1.807) is 19.1 Å². The zero-order valence-corrected chi connectivity index (χ0v) is 24.5. The number of fused-ring (bicyclic) bond motifs is 1. The fraction of sp³-hybridized carbons (Fsp3) is 0.714. The van der Waals surface area contributed by atoms with Gasteiger partial charge in [0.05, 0.1) is 16.4 Å². The summed E-state index contributed by atoms with van der Waals surface area (Å²) in [6.07, 6.45) is 9.81. The van der Waals surface area contributed by atoms with Crippen LogP contribution in [0.25, 0.3) is 0 Å². The fourth-order valence-corrected chi connectivity index (χ4v) is 5.17. The van der Waals surface area contributed by atoms with Crippen molar-refractivity contribution in [1.29, 1.82) is 0 Å². The van der Waals surface area contributed by atoms with Crippen LogP contribution >= 0.6 is 23.2 Å². The lowest BCUT2D eigenvalue weighted by atomic mass is 10.1. The van der Waals surface area contributed by atoms with Gasteiger partial charge in [0.25, 0.3) is 0 Å². The Morgan fingerprint density at radius 3 is 2.29 bits per heavy atom. The van der Waals surface area contributed by atoms with Crippen LogP contribution < -0.4 is 5.32 Å². The monoisotopic (exact) mass is 572 g/mol. The van der Waals surface area contributed by atoms with Crippen LogP contribution in [0.3, 0.4) is 0 Å². The van der Waals surface area contributed by atoms with E-state index in [2.05, 4.69) is 17.4 Å². The second-order valence-electron chi connectivity index (χ2n) is 10.4. The summed E-state index contributed by atoms with van der Waals surface area (Å²) in [5.74, 6) is -0.778. The molecule has 0 spiro atoms. The van der Waals surface area contributed by atoms with Crippen molar-refractivity contribution in [2.24, 2.45) is 5.16 Å². The fourth-order valence-electron chi connectivity index (χ4n) is 4.71. The first-order chi connectivity index (χ1) is 18.2. The summed E-state index contributed by atoms with van der Waals surface area (Å²) in [7, 11) is 0. The minimum Gasteiger partial charge on any atom is -0.350 e. The SMILES string of the molecule is CCCCCCCCCCCCO[C@H]1O[C@H](/C(C)=N/OC(=O)Nc2ccc(Cl)cc2Cl)[C@@H]2OC(C)(C)O[C@H]12. The molecule has 2 aliphatic heterocycles. The van der Waals surface area contributed by atoms with E-state index in [-0.39, 0.29) is 0 Å². The molecular weight excluding hydrogens is 531 g/mol. The molecule has 0 saturated carbocycles. The number of halogens is 2. The van der Waals surface area contributed by atoms with Gasteiger partial charge in [0, 0.05) is 11.6 Å². The molecule has 2 fully saturated rings. The third kappa shape index (κ3) is 9.65. The Kier molecular flexibility index (Phi) is 12.6. The first-order valence-corrected chi connectivity index (χ1v) is 14.6. The zero-order chi connectivity index (χ0) is 27.5. The van der Waals surface area contributed by atoms with Crippen molar-refractivity contribution in [1.82, 2.24) is 0 Å². The second kappa shape index (κ2) is 15.4. The molecule has 2 saturated heterocycles. The van der Waals surface area contributed by atoms with E-state index < -0.39 is 36.5 Å². The van der Waals surface area contributed by atoms with Gasteiger partial charge in [0.15, 0.2) is 12.1 Å². The molecule has 0 aliphatic carbocycles. The highest BCUT2D eigenvalue weighted by Gasteiger charge is 2.56. The Labute approximate surface area is 236 Å². The molecule has 1 amide bonds. The standard InChI is InChI=1S/C28H42Cl2N2O6/c1-5-6-7-8-9-10-11-12-13-14-17-34-26-25-24(36-28(3,4)37-25)23(35-26)19(2)32-38-27(33)31-22-16-15-20(29)18-21(22)30/h15-16,18,23-26H,5-14,17H2,1-4H3,(H,31,33)/b32-19+/t23-,24+,25+,26+/m1/s1. The Morgan fingerprint density at radius 1 is 1.00 bits per heavy atom. The topological polar surface area (TPSA) is 87.6 Å². The third-order valence-corrected chi connectivity index (χ3v) is 7.19. The molecule has 2 aliphatic rings. The molecule has 214 valence electrons. The largest absolute Gasteiger partial charge is 0.437 e. The predicted octanol–water partition coefficient (Wildman–Crippen LogP) is 8.10. The van der Waals surface area contributed by atoms with E-state index >= 15 is 0 Å². The molecule has 1 N–H and O–H groups in total. The van der Waals surface area contributed by atoms with E-state index in [4.69, 9.17) is 47.0 Å². The first kappa shape index (κ1) is 31.1. The quantitative estimate of drug-likeness (QED) is 0.0987. The molecule has 1 aromatic rings. The van der Waals surface area contributed by atoms with E-state index in [0.717, 1.165) is 12.8 Å². The van der Waals surface area contributed by atoms with Crippen LogP contribution in [0.2, 0.25) is 10.0 Å². The second-order valence-corrected chi connectivity index (χ2v) is 11.2. The number of nitrogens with zero attached hydrogens (tertiary/aromatic N) is 1. The highest BCUT2D eigenvalue weighted by Crippen LogP contribution is 2.39. The maximum atomic E-state index is 12.2. The molecule has 0 aromatic heterocycles. The van der Waals surface area contributed by atoms with E-state index in [1.807, 2.05) is 13.8 Å². The predicted molar refractivity (Wildman–Crippen MR) is 150 cm³/mol. The summed E-state index contributed by atoms with van der Waals surface area (Å²) in [5, 5.41) is 7.26. The summed E-state index contributed by atoms with van der Waals surface area (Å²) in [4.78, 5) is 17.3. The first-order valence-electron chi connectivity index (χ1n) is 13.8. The van der Waals surface area contributed by atoms with Crippen LogP contribution in [0.15, 0.2) is 23.4 Å². The zero-order valence-electron chi connectivity index (χ0n) is 23.0. The number of ether oxygens (including phenoxy) is 4. The van der Waals surface area contributed by atoms with Gasteiger partial charge in [-0.1, -0.05) is 93.1 Å². The minimum atomic E-state index is -0.791. The molecule has 0 unspecified atom stereocenters. The van der Waals surface area contributed by atoms with Crippen LogP contribution in [0.1, 0.15) is 91.9 Å². The number of anilines is 1. The number of hydrogen-bond acceptors (Lipinski definition) is 7. The van der Waals surface area contributed by atoms with Crippen molar-refractivity contribution < 1.29 is 28.6 Å². The van der Waals surface area contributed by atoms with Gasteiger partial charge in [-0.15, -0.1) is 0 Å². The Hall–Kier alpha value is -1.42. The van der Waals surface area contributed by atoms with Crippen molar-refractivity contribution in [2.75, 3.05) is 11.9 Å². The summed E-state index contributed by atoms with van der Waals surface area (Å²) < 4.78 is 24.3. The number of carbonyl (C=O) groups excluding carboxylic acids is 1. The third-order valence-electron chi connectivity index (χ3n) is 6.64. The summed E-state index contributed by atoms with van der Waals surface area (Å²) in [5.41, 5.74) is 0.796. The van der Waals surface area contributed by atoms with Crippen molar-refractivity contribution in [3.05, 3.63) is 28.2 Å². The Morgan fingerprint density at radius 2 is 1.63 bits per heavy atom. The molecule has 0 bridgehead atoms. The van der Waals surface area contributed by atoms with Crippen molar-refractivity contribution in [3.63, 3.8) is 0 Å². The summed E-state index contributed by atoms with van der Waals surface area (Å²) in [6.45, 7) is 8.25. The molecule has 4 atom stereocenters. The molecule has 10 heteroatoms. The van der Waals surface area contributed by atoms with Crippen LogP contribution in [-0.4, -0.2) is 48.8 Å². The van der Waals surface area contributed by atoms with E-state index in [1.165, 1.54) is 57.4 Å². The van der Waals surface area contributed by atoms with Gasteiger partial charge in [-0.05, 0) is 45.4 Å². The molecular formula is C28H42Cl2N2O6. The van der Waals surface area contributed by atoms with Crippen LogP contribution in [0, 0.1) is 0 Å². The summed E-state index contributed by atoms with van der Waals surface area (Å²) >= 11 is 12.0. The number of nitrogens with one attached hydrogen (secondary N) is 1. The average molecular weight is 574 g/mol. The molecule has 2 heterocycles. The summed E-state index contributed by atoms with van der Waals surface area (Å²) in [6, 6.07) is 4.71. The average Bonchev–Trinajstić information content (AvgIpc) is 3.35. The van der Waals surface area contributed by atoms with Gasteiger partial charge in [-0.3, -0.25) is 10.2 Å². The number of amides is 1. The van der Waals surface area contributed by atoms with E-state index in [9.17, 15) is 4.79 Å². The Balaban J connectivity index is 1.43. The highest BCUT2D eigenvalue weighted by molar-refractivity contribution is 6.36. The molecule has 3 rings (SSSR count). The van der Waals surface area contributed by atoms with Gasteiger partial charge >= 0.3 is 6.09 Å².